The molecule has 2 heterocycles. The standard InChI is InChI=1S/C11H17N3O2S/c1-8-14-10(7-17-8)5-13-11(15)4-9-6-16-3-2-12-9/h7,9,12H,2-6H2,1H3,(H,13,15). The van der Waals surface area contributed by atoms with E-state index in [9.17, 15) is 4.79 Å². The van der Waals surface area contributed by atoms with Crippen molar-refractivity contribution in [3.8, 4) is 0 Å². The lowest BCUT2D eigenvalue weighted by Gasteiger charge is -2.23. The number of amides is 1. The van der Waals surface area contributed by atoms with Crippen molar-refractivity contribution >= 4 is 17.2 Å². The van der Waals surface area contributed by atoms with E-state index >= 15 is 0 Å². The van der Waals surface area contributed by atoms with Gasteiger partial charge in [-0.2, -0.15) is 0 Å². The third-order valence-electron chi connectivity index (χ3n) is 2.56. The molecule has 0 aliphatic carbocycles. The van der Waals surface area contributed by atoms with E-state index in [-0.39, 0.29) is 11.9 Å². The first-order valence-electron chi connectivity index (χ1n) is 5.73. The van der Waals surface area contributed by atoms with Crippen molar-refractivity contribution in [2.24, 2.45) is 0 Å². The number of nitrogens with one attached hydrogen (secondary N) is 2. The van der Waals surface area contributed by atoms with Gasteiger partial charge in [-0.3, -0.25) is 4.79 Å². The Morgan fingerprint density at radius 2 is 2.65 bits per heavy atom. The van der Waals surface area contributed by atoms with Gasteiger partial charge in [0.2, 0.25) is 5.91 Å². The summed E-state index contributed by atoms with van der Waals surface area (Å²) in [5.41, 5.74) is 0.925. The van der Waals surface area contributed by atoms with Crippen LogP contribution >= 0.6 is 11.3 Å². The molecule has 17 heavy (non-hydrogen) atoms. The van der Waals surface area contributed by atoms with Crippen LogP contribution in [0.2, 0.25) is 0 Å². The Kier molecular flexibility index (Phi) is 4.47. The number of carbonyl (C=O) groups is 1. The Morgan fingerprint density at radius 1 is 1.76 bits per heavy atom. The molecular weight excluding hydrogens is 238 g/mol. The maximum atomic E-state index is 11.7. The van der Waals surface area contributed by atoms with Crippen LogP contribution in [0.3, 0.4) is 0 Å². The molecule has 0 aromatic carbocycles. The van der Waals surface area contributed by atoms with Gasteiger partial charge in [-0.15, -0.1) is 11.3 Å². The molecule has 1 atom stereocenters. The monoisotopic (exact) mass is 255 g/mol. The van der Waals surface area contributed by atoms with Gasteiger partial charge in [-0.05, 0) is 6.92 Å². The maximum absolute atomic E-state index is 11.7. The van der Waals surface area contributed by atoms with E-state index in [1.807, 2.05) is 12.3 Å². The number of nitrogens with zero attached hydrogens (tertiary/aromatic N) is 1. The molecule has 1 unspecified atom stereocenters. The summed E-state index contributed by atoms with van der Waals surface area (Å²) in [5, 5.41) is 9.12. The summed E-state index contributed by atoms with van der Waals surface area (Å²) < 4.78 is 5.30. The molecule has 0 spiro atoms. The zero-order chi connectivity index (χ0) is 12.1. The van der Waals surface area contributed by atoms with Crippen LogP contribution in [-0.4, -0.2) is 36.7 Å². The molecule has 0 radical (unpaired) electrons. The molecule has 1 aromatic heterocycles. The zero-order valence-electron chi connectivity index (χ0n) is 9.86. The summed E-state index contributed by atoms with van der Waals surface area (Å²) in [6.45, 7) is 4.64. The predicted molar refractivity (Wildman–Crippen MR) is 65.9 cm³/mol. The van der Waals surface area contributed by atoms with E-state index in [4.69, 9.17) is 4.74 Å². The lowest BCUT2D eigenvalue weighted by Crippen LogP contribution is -2.44. The molecule has 94 valence electrons. The summed E-state index contributed by atoms with van der Waals surface area (Å²) in [7, 11) is 0. The van der Waals surface area contributed by atoms with Crippen molar-refractivity contribution in [3.63, 3.8) is 0 Å². The van der Waals surface area contributed by atoms with Gasteiger partial charge in [-0.1, -0.05) is 0 Å². The Balaban J connectivity index is 1.70. The first-order valence-corrected chi connectivity index (χ1v) is 6.61. The highest BCUT2D eigenvalue weighted by Gasteiger charge is 2.16. The third kappa shape index (κ3) is 4.07. The molecule has 1 fully saturated rings. The van der Waals surface area contributed by atoms with Crippen molar-refractivity contribution in [2.75, 3.05) is 19.8 Å². The highest BCUT2D eigenvalue weighted by molar-refractivity contribution is 7.09. The first-order chi connectivity index (χ1) is 8.24. The molecule has 0 saturated carbocycles. The second-order valence-corrected chi connectivity index (χ2v) is 5.13. The van der Waals surface area contributed by atoms with Crippen molar-refractivity contribution in [1.82, 2.24) is 15.6 Å². The first kappa shape index (κ1) is 12.5. The van der Waals surface area contributed by atoms with E-state index in [0.717, 1.165) is 23.9 Å². The van der Waals surface area contributed by atoms with Gasteiger partial charge in [0.15, 0.2) is 0 Å². The maximum Gasteiger partial charge on any atom is 0.221 e. The van der Waals surface area contributed by atoms with Crippen LogP contribution in [0.5, 0.6) is 0 Å². The average Bonchev–Trinajstić information content (AvgIpc) is 2.74. The van der Waals surface area contributed by atoms with Crippen LogP contribution in [0.1, 0.15) is 17.1 Å². The lowest BCUT2D eigenvalue weighted by molar-refractivity contribution is -0.122. The summed E-state index contributed by atoms with van der Waals surface area (Å²) >= 11 is 1.60. The van der Waals surface area contributed by atoms with E-state index in [0.29, 0.717) is 19.6 Å². The third-order valence-corrected chi connectivity index (χ3v) is 3.39. The molecule has 1 amide bonds. The molecule has 1 saturated heterocycles. The molecule has 6 heteroatoms. The lowest BCUT2D eigenvalue weighted by atomic mass is 10.2. The largest absolute Gasteiger partial charge is 0.378 e. The second-order valence-electron chi connectivity index (χ2n) is 4.06. The number of morpholine rings is 1. The van der Waals surface area contributed by atoms with Crippen LogP contribution < -0.4 is 10.6 Å². The molecular formula is C11H17N3O2S. The van der Waals surface area contributed by atoms with Crippen molar-refractivity contribution in [1.29, 1.82) is 0 Å². The summed E-state index contributed by atoms with van der Waals surface area (Å²) in [6, 6.07) is 0.140. The smallest absolute Gasteiger partial charge is 0.221 e. The SMILES string of the molecule is Cc1nc(CNC(=O)CC2COCCN2)cs1. The minimum absolute atomic E-state index is 0.0404. The minimum Gasteiger partial charge on any atom is -0.378 e. The highest BCUT2D eigenvalue weighted by atomic mass is 32.1. The molecule has 2 N–H and O–H groups in total. The normalized spacial score (nSPS) is 20.2. The van der Waals surface area contributed by atoms with Gasteiger partial charge in [0, 0.05) is 24.4 Å². The molecule has 1 aliphatic heterocycles. The summed E-state index contributed by atoms with van der Waals surface area (Å²) in [4.78, 5) is 16.0. The van der Waals surface area contributed by atoms with E-state index in [1.54, 1.807) is 11.3 Å². The fourth-order valence-electron chi connectivity index (χ4n) is 1.73. The fourth-order valence-corrected chi connectivity index (χ4v) is 2.34. The van der Waals surface area contributed by atoms with Crippen LogP contribution in [0, 0.1) is 6.92 Å². The van der Waals surface area contributed by atoms with Gasteiger partial charge in [0.05, 0.1) is 30.5 Å². The molecule has 1 aliphatic rings. The Morgan fingerprint density at radius 3 is 3.29 bits per heavy atom. The number of ether oxygens (including phenoxy) is 1. The van der Waals surface area contributed by atoms with E-state index < -0.39 is 0 Å². The van der Waals surface area contributed by atoms with Crippen molar-refractivity contribution in [2.45, 2.75) is 25.9 Å². The van der Waals surface area contributed by atoms with Gasteiger partial charge in [-0.25, -0.2) is 4.98 Å². The number of aromatic nitrogens is 1. The Bertz CT molecular complexity index is 375. The minimum atomic E-state index is 0.0404. The molecule has 2 rings (SSSR count). The molecule has 5 nitrogen and oxygen atoms in total. The van der Waals surface area contributed by atoms with E-state index in [1.165, 1.54) is 0 Å². The Labute approximate surface area is 105 Å². The number of thiazole rings is 1. The molecule has 1 aromatic rings. The quantitative estimate of drug-likeness (QED) is 0.820. The highest BCUT2D eigenvalue weighted by Crippen LogP contribution is 2.07. The predicted octanol–water partition coefficient (Wildman–Crippen LogP) is 0.446. The average molecular weight is 255 g/mol. The number of rotatable bonds is 4. The van der Waals surface area contributed by atoms with Crippen LogP contribution in [0.4, 0.5) is 0 Å². The van der Waals surface area contributed by atoms with Crippen LogP contribution in [0.15, 0.2) is 5.38 Å². The van der Waals surface area contributed by atoms with Gasteiger partial charge in [0.1, 0.15) is 0 Å². The fraction of sp³-hybridized carbons (Fsp3) is 0.636. The second kappa shape index (κ2) is 6.09. The van der Waals surface area contributed by atoms with Crippen molar-refractivity contribution in [3.05, 3.63) is 16.1 Å². The van der Waals surface area contributed by atoms with Crippen LogP contribution in [0.25, 0.3) is 0 Å². The van der Waals surface area contributed by atoms with Gasteiger partial charge < -0.3 is 15.4 Å². The van der Waals surface area contributed by atoms with Crippen molar-refractivity contribution < 1.29 is 9.53 Å². The number of carbonyl (C=O) groups excluding carboxylic acids is 1. The Hall–Kier alpha value is -0.980. The number of hydrogen-bond acceptors (Lipinski definition) is 5. The zero-order valence-corrected chi connectivity index (χ0v) is 10.7. The van der Waals surface area contributed by atoms with E-state index in [2.05, 4.69) is 15.6 Å². The summed E-state index contributed by atoms with van der Waals surface area (Å²) in [5.74, 6) is 0.0404. The van der Waals surface area contributed by atoms with Gasteiger partial charge >= 0.3 is 0 Å². The summed E-state index contributed by atoms with van der Waals surface area (Å²) in [6.07, 6.45) is 0.461. The van der Waals surface area contributed by atoms with Crippen LogP contribution in [-0.2, 0) is 16.1 Å². The number of aryl methyl sites for hydroxylation is 1. The topological polar surface area (TPSA) is 63.2 Å². The van der Waals surface area contributed by atoms with Gasteiger partial charge in [0.25, 0.3) is 0 Å². The number of hydrogen-bond donors (Lipinski definition) is 2. The molecule has 0 bridgehead atoms.